The summed E-state index contributed by atoms with van der Waals surface area (Å²) in [6, 6.07) is 90.5. The van der Waals surface area contributed by atoms with Gasteiger partial charge in [0.2, 0.25) is 0 Å². The Morgan fingerprint density at radius 2 is 0.875 bits per heavy atom. The molecule has 1 spiro atoms. The molecule has 0 saturated heterocycles. The highest BCUT2D eigenvalue weighted by atomic mass is 15.2. The van der Waals surface area contributed by atoms with E-state index in [9.17, 15) is 5.41 Å². The van der Waals surface area contributed by atoms with Crippen molar-refractivity contribution in [3.05, 3.63) is 310 Å². The minimum absolute atomic E-state index is 0.230. The average Bonchev–Trinajstić information content (AvgIpc) is 4.00. The topological polar surface area (TPSA) is 39.1 Å². The van der Waals surface area contributed by atoms with Crippen molar-refractivity contribution in [2.75, 3.05) is 4.90 Å². The highest BCUT2D eigenvalue weighted by Crippen LogP contribution is 2.64. The number of allylic oxidation sites excluding steroid dienone is 1. The van der Waals surface area contributed by atoms with Crippen LogP contribution in [0.25, 0.3) is 56.0 Å². The number of hydrogen-bond acceptors (Lipinski definition) is 3. The minimum Gasteiger partial charge on any atom is -0.352 e. The molecule has 4 aliphatic rings. The second-order valence-corrected chi connectivity index (χ2v) is 19.9. The maximum atomic E-state index is 10.1. The predicted molar refractivity (Wildman–Crippen MR) is 298 cm³/mol. The lowest BCUT2D eigenvalue weighted by molar-refractivity contribution is 0.660. The van der Waals surface area contributed by atoms with E-state index in [0.717, 1.165) is 61.9 Å². The highest BCUT2D eigenvalue weighted by molar-refractivity contribution is 6.36. The maximum Gasteiger partial charge on any atom is 0.0782 e. The van der Waals surface area contributed by atoms with E-state index in [-0.39, 0.29) is 5.41 Å². The Hall–Kier alpha value is -9.05. The fourth-order valence-corrected chi connectivity index (χ4v) is 12.8. The second-order valence-electron chi connectivity index (χ2n) is 19.9. The number of nitrogens with zero attached hydrogens (tertiary/aromatic N) is 1. The zero-order valence-corrected chi connectivity index (χ0v) is 40.1. The van der Waals surface area contributed by atoms with Gasteiger partial charge in [0.05, 0.1) is 33.9 Å². The SMILES string of the molecule is CC1(C)c2ccccc2-c2c(N(C3=C(c4ccccc4)N/C(=C(\C(=N)c4ccccc4)c4ccccc4)c4ccccc43)c3ccc4c(c3)C3(c5ccccc5-c5ccccc53)c3ccccc3-4)cccc21. The molecule has 10 aromatic rings. The zero-order valence-electron chi connectivity index (χ0n) is 40.1. The average molecular weight is 920 g/mol. The molecule has 3 nitrogen and oxygen atoms in total. The summed E-state index contributed by atoms with van der Waals surface area (Å²) >= 11 is 0. The third kappa shape index (κ3) is 5.88. The summed E-state index contributed by atoms with van der Waals surface area (Å²) in [5.41, 5.74) is 25.9. The largest absolute Gasteiger partial charge is 0.352 e. The fraction of sp³-hybridized carbons (Fsp3) is 0.0580. The van der Waals surface area contributed by atoms with Gasteiger partial charge in [0.1, 0.15) is 0 Å². The van der Waals surface area contributed by atoms with Crippen LogP contribution in [-0.2, 0) is 10.8 Å². The summed E-state index contributed by atoms with van der Waals surface area (Å²) < 4.78 is 0. The van der Waals surface area contributed by atoms with Crippen molar-refractivity contribution in [3.63, 3.8) is 0 Å². The van der Waals surface area contributed by atoms with Crippen LogP contribution in [0.3, 0.4) is 0 Å². The molecule has 340 valence electrons. The first-order chi connectivity index (χ1) is 35.4. The van der Waals surface area contributed by atoms with Gasteiger partial charge in [-0.1, -0.05) is 244 Å². The van der Waals surface area contributed by atoms with E-state index in [0.29, 0.717) is 5.71 Å². The Kier molecular flexibility index (Phi) is 9.30. The number of hydrogen-bond donors (Lipinski definition) is 2. The highest BCUT2D eigenvalue weighted by Gasteiger charge is 2.52. The van der Waals surface area contributed by atoms with Crippen molar-refractivity contribution in [1.82, 2.24) is 5.32 Å². The van der Waals surface area contributed by atoms with Crippen molar-refractivity contribution in [1.29, 1.82) is 5.41 Å². The first-order valence-corrected chi connectivity index (χ1v) is 25.0. The number of benzene rings is 10. The molecular weight excluding hydrogens is 871 g/mol. The maximum absolute atomic E-state index is 10.1. The van der Waals surface area contributed by atoms with E-state index in [1.807, 2.05) is 36.4 Å². The summed E-state index contributed by atoms with van der Waals surface area (Å²) in [6.07, 6.45) is 0. The lowest BCUT2D eigenvalue weighted by Gasteiger charge is -2.38. The molecule has 10 aromatic carbocycles. The van der Waals surface area contributed by atoms with Crippen LogP contribution in [0.1, 0.15) is 75.0 Å². The van der Waals surface area contributed by atoms with Crippen LogP contribution in [0.5, 0.6) is 0 Å². The Bertz CT molecular complexity index is 3870. The molecule has 0 fully saturated rings. The number of anilines is 2. The Labute approximate surface area is 421 Å². The molecule has 0 bridgehead atoms. The van der Waals surface area contributed by atoms with Crippen molar-refractivity contribution < 1.29 is 0 Å². The fourth-order valence-electron chi connectivity index (χ4n) is 12.8. The van der Waals surface area contributed by atoms with E-state index in [2.05, 4.69) is 236 Å². The molecule has 3 aliphatic carbocycles. The second kappa shape index (κ2) is 16.0. The van der Waals surface area contributed by atoms with Crippen molar-refractivity contribution in [2.45, 2.75) is 24.7 Å². The van der Waals surface area contributed by atoms with Gasteiger partial charge >= 0.3 is 0 Å². The minimum atomic E-state index is -0.536. The Balaban J connectivity index is 1.11. The Morgan fingerprint density at radius 1 is 0.403 bits per heavy atom. The van der Waals surface area contributed by atoms with Gasteiger partial charge in [0.25, 0.3) is 0 Å². The summed E-state index contributed by atoms with van der Waals surface area (Å²) in [6.45, 7) is 4.74. The zero-order chi connectivity index (χ0) is 48.1. The molecule has 72 heavy (non-hydrogen) atoms. The van der Waals surface area contributed by atoms with Gasteiger partial charge in [0, 0.05) is 44.5 Å². The Morgan fingerprint density at radius 3 is 1.49 bits per heavy atom. The molecule has 2 N–H and O–H groups in total. The van der Waals surface area contributed by atoms with Crippen LogP contribution < -0.4 is 10.2 Å². The number of nitrogens with one attached hydrogen (secondary N) is 2. The summed E-state index contributed by atoms with van der Waals surface area (Å²) in [5.74, 6) is 0. The van der Waals surface area contributed by atoms with Crippen molar-refractivity contribution in [2.24, 2.45) is 0 Å². The predicted octanol–water partition coefficient (Wildman–Crippen LogP) is 16.5. The summed E-state index contributed by atoms with van der Waals surface area (Å²) in [7, 11) is 0. The number of fused-ring (bicyclic) bond motifs is 14. The van der Waals surface area contributed by atoms with Gasteiger partial charge in [-0.3, -0.25) is 5.41 Å². The molecule has 0 saturated carbocycles. The summed E-state index contributed by atoms with van der Waals surface area (Å²) in [4.78, 5) is 2.57. The van der Waals surface area contributed by atoms with E-state index < -0.39 is 5.41 Å². The molecule has 0 atom stereocenters. The van der Waals surface area contributed by atoms with Gasteiger partial charge in [0.15, 0.2) is 0 Å². The third-order valence-corrected chi connectivity index (χ3v) is 15.9. The van der Waals surface area contributed by atoms with Crippen LogP contribution in [0, 0.1) is 5.41 Å². The standard InChI is InChI=1S/C69H49N3/c1-68(2)55-35-18-17-34-54(55)63-59(68)39-22-40-61(63)72(47-41-42-51-50-31-16-21-38-58(50)69(60(51)43-47)56-36-19-14-29-48(56)49-30-15-20-37-57(49)69)67-53-33-13-12-32-52(53)66(71-65(67)46-27-10-5-11-28-46)62(44-23-6-3-7-24-44)64(70)45-25-8-4-9-26-45/h3-43,70-71H,1-2H3/b66-62-,70-64?. The molecule has 0 aromatic heterocycles. The monoisotopic (exact) mass is 919 g/mol. The van der Waals surface area contributed by atoms with Gasteiger partial charge in [-0.05, 0) is 85.0 Å². The smallest absolute Gasteiger partial charge is 0.0782 e. The molecular formula is C69H49N3. The third-order valence-electron chi connectivity index (χ3n) is 15.9. The van der Waals surface area contributed by atoms with E-state index in [1.165, 1.54) is 66.8 Å². The van der Waals surface area contributed by atoms with Crippen LogP contribution in [0.4, 0.5) is 11.4 Å². The van der Waals surface area contributed by atoms with E-state index in [4.69, 9.17) is 0 Å². The normalized spacial score (nSPS) is 15.3. The van der Waals surface area contributed by atoms with Crippen LogP contribution in [0.15, 0.2) is 249 Å². The molecule has 14 rings (SSSR count). The van der Waals surface area contributed by atoms with Gasteiger partial charge in [-0.2, -0.15) is 0 Å². The quantitative estimate of drug-likeness (QED) is 0.156. The molecule has 1 aliphatic heterocycles. The van der Waals surface area contributed by atoms with Gasteiger partial charge in [-0.15, -0.1) is 0 Å². The summed E-state index contributed by atoms with van der Waals surface area (Å²) in [5, 5.41) is 14.2. The van der Waals surface area contributed by atoms with E-state index in [1.54, 1.807) is 0 Å². The van der Waals surface area contributed by atoms with E-state index >= 15 is 0 Å². The molecule has 0 unspecified atom stereocenters. The van der Waals surface area contributed by atoms with Gasteiger partial charge < -0.3 is 10.2 Å². The van der Waals surface area contributed by atoms with Crippen molar-refractivity contribution >= 4 is 39.8 Å². The molecule has 0 radical (unpaired) electrons. The van der Waals surface area contributed by atoms with Crippen LogP contribution in [0.2, 0.25) is 0 Å². The van der Waals surface area contributed by atoms with Crippen molar-refractivity contribution in [3.8, 4) is 33.4 Å². The van der Waals surface area contributed by atoms with Crippen LogP contribution >= 0.6 is 0 Å². The first kappa shape index (κ1) is 41.9. The van der Waals surface area contributed by atoms with Gasteiger partial charge in [-0.25, -0.2) is 0 Å². The lowest BCUT2D eigenvalue weighted by Crippen LogP contribution is -2.29. The number of rotatable bonds is 7. The first-order valence-electron chi connectivity index (χ1n) is 25.0. The van der Waals surface area contributed by atoms with Crippen LogP contribution in [-0.4, -0.2) is 5.71 Å². The lowest BCUT2D eigenvalue weighted by atomic mass is 9.70. The molecule has 1 heterocycles. The molecule has 0 amide bonds. The molecule has 3 heteroatoms.